The highest BCUT2D eigenvalue weighted by molar-refractivity contribution is 5.42. The van der Waals surface area contributed by atoms with Gasteiger partial charge in [-0.1, -0.05) is 32.3 Å². The van der Waals surface area contributed by atoms with E-state index in [0.29, 0.717) is 23.6 Å². The van der Waals surface area contributed by atoms with Crippen LogP contribution in [0.2, 0.25) is 0 Å². The molecule has 2 N–H and O–H groups in total. The number of hydrogen-bond acceptors (Lipinski definition) is 3. The summed E-state index contributed by atoms with van der Waals surface area (Å²) in [6.45, 7) is 6.71. The maximum absolute atomic E-state index is 5.90. The summed E-state index contributed by atoms with van der Waals surface area (Å²) in [7, 11) is 0. The molecule has 0 saturated heterocycles. The summed E-state index contributed by atoms with van der Waals surface area (Å²) in [4.78, 5) is 0. The van der Waals surface area contributed by atoms with Crippen molar-refractivity contribution in [2.45, 2.75) is 52.4 Å². The minimum atomic E-state index is 0.540. The van der Waals surface area contributed by atoms with E-state index in [1.165, 1.54) is 19.3 Å². The molecule has 0 radical (unpaired) electrons. The Morgan fingerprint density at radius 1 is 1.44 bits per heavy atom. The molecule has 0 aromatic carbocycles. The van der Waals surface area contributed by atoms with Crippen LogP contribution in [0, 0.1) is 11.8 Å². The molecule has 0 bridgehead atoms. The second kappa shape index (κ2) is 4.48. The zero-order valence-electron chi connectivity index (χ0n) is 10.5. The molecule has 3 heteroatoms. The van der Waals surface area contributed by atoms with Crippen molar-refractivity contribution in [3.8, 4) is 0 Å². The number of anilines is 1. The van der Waals surface area contributed by atoms with Crippen LogP contribution in [0.25, 0.3) is 0 Å². The topological polar surface area (TPSA) is 52.0 Å². The fraction of sp³-hybridized carbons (Fsp3) is 0.769. The van der Waals surface area contributed by atoms with E-state index in [9.17, 15) is 0 Å². The van der Waals surface area contributed by atoms with E-state index in [0.717, 1.165) is 17.7 Å². The first kappa shape index (κ1) is 11.5. The molecule has 1 aromatic heterocycles. The molecular weight excluding hydrogens is 200 g/mol. The molecule has 0 spiro atoms. The number of nitrogens with zero attached hydrogens (tertiary/aromatic N) is 1. The van der Waals surface area contributed by atoms with Gasteiger partial charge in [-0.2, -0.15) is 0 Å². The van der Waals surface area contributed by atoms with E-state index >= 15 is 0 Å². The molecule has 1 aliphatic carbocycles. The quantitative estimate of drug-likeness (QED) is 0.853. The fourth-order valence-electron chi connectivity index (χ4n) is 2.77. The van der Waals surface area contributed by atoms with E-state index in [1.807, 2.05) is 0 Å². The molecule has 16 heavy (non-hydrogen) atoms. The highest BCUT2D eigenvalue weighted by atomic mass is 16.5. The lowest BCUT2D eigenvalue weighted by molar-refractivity contribution is 0.337. The van der Waals surface area contributed by atoms with Gasteiger partial charge in [0.1, 0.15) is 5.76 Å². The summed E-state index contributed by atoms with van der Waals surface area (Å²) >= 11 is 0. The predicted molar refractivity (Wildman–Crippen MR) is 65.2 cm³/mol. The summed E-state index contributed by atoms with van der Waals surface area (Å²) in [5.74, 6) is 3.51. The Balaban J connectivity index is 2.26. The van der Waals surface area contributed by atoms with Crippen molar-refractivity contribution in [3.05, 3.63) is 11.3 Å². The third-order valence-electron chi connectivity index (χ3n) is 3.66. The van der Waals surface area contributed by atoms with Crippen molar-refractivity contribution in [2.75, 3.05) is 5.73 Å². The predicted octanol–water partition coefficient (Wildman–Crippen LogP) is 3.36. The molecule has 1 aromatic rings. The molecule has 0 amide bonds. The zero-order chi connectivity index (χ0) is 11.7. The maximum Gasteiger partial charge on any atom is 0.170 e. The Bertz CT molecular complexity index is 357. The van der Waals surface area contributed by atoms with Gasteiger partial charge < -0.3 is 10.3 Å². The third kappa shape index (κ3) is 2.08. The minimum Gasteiger partial charge on any atom is -0.381 e. The van der Waals surface area contributed by atoms with E-state index in [2.05, 4.69) is 25.9 Å². The van der Waals surface area contributed by atoms with Gasteiger partial charge in [-0.05, 0) is 31.1 Å². The average Bonchev–Trinajstić information content (AvgIpc) is 2.75. The lowest BCUT2D eigenvalue weighted by Gasteiger charge is -2.14. The van der Waals surface area contributed by atoms with Gasteiger partial charge in [0.2, 0.25) is 0 Å². The Hall–Kier alpha value is -0.990. The molecule has 1 saturated carbocycles. The third-order valence-corrected chi connectivity index (χ3v) is 3.66. The maximum atomic E-state index is 5.90. The Labute approximate surface area is 97.4 Å². The van der Waals surface area contributed by atoms with Crippen LogP contribution in [0.3, 0.4) is 0 Å². The SMILES string of the molecule is CC(C)Cc1c(N)noc1C1CCCC1C. The molecule has 2 rings (SSSR count). The van der Waals surface area contributed by atoms with E-state index in [1.54, 1.807) is 0 Å². The van der Waals surface area contributed by atoms with Crippen LogP contribution >= 0.6 is 0 Å². The Kier molecular flexibility index (Phi) is 3.22. The van der Waals surface area contributed by atoms with Crippen molar-refractivity contribution in [1.29, 1.82) is 0 Å². The van der Waals surface area contributed by atoms with Crippen molar-refractivity contribution >= 4 is 5.82 Å². The van der Waals surface area contributed by atoms with Gasteiger partial charge in [0.15, 0.2) is 5.82 Å². The standard InChI is InChI=1S/C13H22N2O/c1-8(2)7-11-12(16-15-13(11)14)10-6-4-5-9(10)3/h8-10H,4-7H2,1-3H3,(H2,14,15). The Morgan fingerprint density at radius 2 is 2.19 bits per heavy atom. The summed E-state index contributed by atoms with van der Waals surface area (Å²) in [5.41, 5.74) is 7.06. The molecule has 2 atom stereocenters. The van der Waals surface area contributed by atoms with Crippen molar-refractivity contribution in [2.24, 2.45) is 11.8 Å². The molecule has 1 aliphatic rings. The number of aromatic nitrogens is 1. The lowest BCUT2D eigenvalue weighted by atomic mass is 9.90. The van der Waals surface area contributed by atoms with E-state index in [4.69, 9.17) is 10.3 Å². The van der Waals surface area contributed by atoms with Crippen LogP contribution in [-0.4, -0.2) is 5.16 Å². The van der Waals surface area contributed by atoms with Crippen LogP contribution in [0.5, 0.6) is 0 Å². The molecule has 1 heterocycles. The van der Waals surface area contributed by atoms with Crippen LogP contribution in [-0.2, 0) is 6.42 Å². The monoisotopic (exact) mass is 222 g/mol. The molecule has 0 aliphatic heterocycles. The largest absolute Gasteiger partial charge is 0.381 e. The first-order valence-electron chi connectivity index (χ1n) is 6.33. The summed E-state index contributed by atoms with van der Waals surface area (Å²) < 4.78 is 5.48. The van der Waals surface area contributed by atoms with Gasteiger partial charge in [-0.3, -0.25) is 0 Å². The van der Waals surface area contributed by atoms with Crippen LogP contribution in [0.15, 0.2) is 4.52 Å². The lowest BCUT2D eigenvalue weighted by Crippen LogP contribution is -2.06. The molecule has 2 unspecified atom stereocenters. The molecule has 1 fully saturated rings. The van der Waals surface area contributed by atoms with Gasteiger partial charge in [0.25, 0.3) is 0 Å². The molecule has 3 nitrogen and oxygen atoms in total. The summed E-state index contributed by atoms with van der Waals surface area (Å²) in [6, 6.07) is 0. The van der Waals surface area contributed by atoms with Gasteiger partial charge >= 0.3 is 0 Å². The van der Waals surface area contributed by atoms with Gasteiger partial charge in [0, 0.05) is 11.5 Å². The highest BCUT2D eigenvalue weighted by Gasteiger charge is 2.31. The van der Waals surface area contributed by atoms with Gasteiger partial charge in [0.05, 0.1) is 0 Å². The highest BCUT2D eigenvalue weighted by Crippen LogP contribution is 2.42. The fourth-order valence-corrected chi connectivity index (χ4v) is 2.77. The average molecular weight is 222 g/mol. The molecular formula is C13H22N2O. The first-order valence-corrected chi connectivity index (χ1v) is 6.33. The van der Waals surface area contributed by atoms with Gasteiger partial charge in [-0.25, -0.2) is 0 Å². The van der Waals surface area contributed by atoms with Crippen LogP contribution in [0.4, 0.5) is 5.82 Å². The minimum absolute atomic E-state index is 0.540. The smallest absolute Gasteiger partial charge is 0.170 e. The zero-order valence-corrected chi connectivity index (χ0v) is 10.5. The number of hydrogen-bond donors (Lipinski definition) is 1. The van der Waals surface area contributed by atoms with Crippen LogP contribution < -0.4 is 5.73 Å². The van der Waals surface area contributed by atoms with Crippen molar-refractivity contribution in [1.82, 2.24) is 5.16 Å². The number of nitrogens with two attached hydrogens (primary N) is 1. The second-order valence-corrected chi connectivity index (χ2v) is 5.52. The van der Waals surface area contributed by atoms with Crippen molar-refractivity contribution < 1.29 is 4.52 Å². The number of rotatable bonds is 3. The first-order chi connectivity index (χ1) is 7.59. The van der Waals surface area contributed by atoms with Crippen LogP contribution in [0.1, 0.15) is 57.3 Å². The second-order valence-electron chi connectivity index (χ2n) is 5.52. The van der Waals surface area contributed by atoms with E-state index < -0.39 is 0 Å². The number of nitrogen functional groups attached to an aromatic ring is 1. The molecule has 90 valence electrons. The summed E-state index contributed by atoms with van der Waals surface area (Å²) in [5, 5.41) is 3.95. The van der Waals surface area contributed by atoms with E-state index in [-0.39, 0.29) is 0 Å². The van der Waals surface area contributed by atoms with Crippen molar-refractivity contribution in [3.63, 3.8) is 0 Å². The normalized spacial score (nSPS) is 25.5. The van der Waals surface area contributed by atoms with Gasteiger partial charge in [-0.15, -0.1) is 0 Å². The summed E-state index contributed by atoms with van der Waals surface area (Å²) in [6.07, 6.45) is 4.80. The Morgan fingerprint density at radius 3 is 2.75 bits per heavy atom.